The molecule has 0 aromatic carbocycles. The molecule has 4 heteroatoms. The van der Waals surface area contributed by atoms with E-state index in [0.717, 1.165) is 18.9 Å². The summed E-state index contributed by atoms with van der Waals surface area (Å²) in [4.78, 5) is 6.81. The van der Waals surface area contributed by atoms with E-state index in [-0.39, 0.29) is 0 Å². The standard InChI is InChI=1S/C14H30N4/c1-4-13(2)17-14(15-3)16-9-5-6-10-18-11-7-8-12-18/h13H,4-12H2,1-3H3,(H2,15,16,17). The van der Waals surface area contributed by atoms with Crippen LogP contribution in [0, 0.1) is 0 Å². The Morgan fingerprint density at radius 3 is 2.61 bits per heavy atom. The maximum atomic E-state index is 4.24. The van der Waals surface area contributed by atoms with E-state index in [0.29, 0.717) is 6.04 Å². The summed E-state index contributed by atoms with van der Waals surface area (Å²) in [6.45, 7) is 9.26. The molecule has 1 fully saturated rings. The van der Waals surface area contributed by atoms with E-state index in [9.17, 15) is 0 Å². The van der Waals surface area contributed by atoms with Gasteiger partial charge in [0.25, 0.3) is 0 Å². The second-order valence-corrected chi connectivity index (χ2v) is 5.21. The van der Waals surface area contributed by atoms with Gasteiger partial charge in [-0.15, -0.1) is 0 Å². The molecule has 2 N–H and O–H groups in total. The molecule has 0 amide bonds. The second kappa shape index (κ2) is 9.20. The quantitative estimate of drug-likeness (QED) is 0.414. The van der Waals surface area contributed by atoms with Crippen LogP contribution < -0.4 is 10.6 Å². The number of hydrogen-bond acceptors (Lipinski definition) is 2. The molecular weight excluding hydrogens is 224 g/mol. The highest BCUT2D eigenvalue weighted by molar-refractivity contribution is 5.79. The van der Waals surface area contributed by atoms with Crippen molar-refractivity contribution >= 4 is 5.96 Å². The van der Waals surface area contributed by atoms with E-state index in [2.05, 4.69) is 34.4 Å². The normalized spacial score (nSPS) is 18.9. The highest BCUT2D eigenvalue weighted by Gasteiger charge is 2.10. The van der Waals surface area contributed by atoms with Crippen LogP contribution >= 0.6 is 0 Å². The Morgan fingerprint density at radius 2 is 2.00 bits per heavy atom. The number of hydrogen-bond donors (Lipinski definition) is 2. The molecule has 0 radical (unpaired) electrons. The van der Waals surface area contributed by atoms with E-state index in [1.54, 1.807) is 0 Å². The molecule has 0 saturated carbocycles. The molecule has 1 rings (SSSR count). The van der Waals surface area contributed by atoms with Gasteiger partial charge in [0.2, 0.25) is 0 Å². The zero-order chi connectivity index (χ0) is 13.2. The van der Waals surface area contributed by atoms with Gasteiger partial charge < -0.3 is 15.5 Å². The molecule has 1 heterocycles. The number of unbranched alkanes of at least 4 members (excludes halogenated alkanes) is 1. The summed E-state index contributed by atoms with van der Waals surface area (Å²) in [5.74, 6) is 0.936. The molecule has 18 heavy (non-hydrogen) atoms. The molecule has 4 nitrogen and oxygen atoms in total. The largest absolute Gasteiger partial charge is 0.356 e. The van der Waals surface area contributed by atoms with Crippen LogP contribution in [0.1, 0.15) is 46.0 Å². The zero-order valence-electron chi connectivity index (χ0n) is 12.3. The van der Waals surface area contributed by atoms with Crippen LogP contribution in [-0.4, -0.2) is 50.1 Å². The number of likely N-dealkylation sites (tertiary alicyclic amines) is 1. The summed E-state index contributed by atoms with van der Waals surface area (Å²) in [7, 11) is 1.84. The maximum Gasteiger partial charge on any atom is 0.191 e. The summed E-state index contributed by atoms with van der Waals surface area (Å²) >= 11 is 0. The molecule has 0 aliphatic carbocycles. The number of aliphatic imine (C=N–C) groups is 1. The lowest BCUT2D eigenvalue weighted by Crippen LogP contribution is -2.42. The van der Waals surface area contributed by atoms with Crippen LogP contribution in [0.5, 0.6) is 0 Å². The molecule has 106 valence electrons. The monoisotopic (exact) mass is 254 g/mol. The summed E-state index contributed by atoms with van der Waals surface area (Å²) in [5, 5.41) is 6.76. The van der Waals surface area contributed by atoms with Gasteiger partial charge in [-0.1, -0.05) is 6.92 Å². The Kier molecular flexibility index (Phi) is 7.81. The van der Waals surface area contributed by atoms with Crippen molar-refractivity contribution in [1.29, 1.82) is 0 Å². The van der Waals surface area contributed by atoms with Crippen molar-refractivity contribution in [2.75, 3.05) is 33.2 Å². The van der Waals surface area contributed by atoms with Crippen LogP contribution in [0.15, 0.2) is 4.99 Å². The molecule has 1 unspecified atom stereocenters. The van der Waals surface area contributed by atoms with E-state index < -0.39 is 0 Å². The molecular formula is C14H30N4. The second-order valence-electron chi connectivity index (χ2n) is 5.21. The Balaban J connectivity index is 2.01. The predicted molar refractivity (Wildman–Crippen MR) is 79.2 cm³/mol. The minimum Gasteiger partial charge on any atom is -0.356 e. The molecule has 0 spiro atoms. The summed E-state index contributed by atoms with van der Waals surface area (Å²) in [6, 6.07) is 0.487. The smallest absolute Gasteiger partial charge is 0.191 e. The Hall–Kier alpha value is -0.770. The first-order valence-electron chi connectivity index (χ1n) is 7.45. The third-order valence-corrected chi connectivity index (χ3v) is 3.61. The molecule has 0 aromatic heterocycles. The van der Waals surface area contributed by atoms with Crippen molar-refractivity contribution < 1.29 is 0 Å². The molecule has 0 bridgehead atoms. The highest BCUT2D eigenvalue weighted by Crippen LogP contribution is 2.07. The number of guanidine groups is 1. The van der Waals surface area contributed by atoms with Gasteiger partial charge in [0.15, 0.2) is 5.96 Å². The van der Waals surface area contributed by atoms with Gasteiger partial charge in [0.1, 0.15) is 0 Å². The van der Waals surface area contributed by atoms with Crippen LogP contribution in [0.2, 0.25) is 0 Å². The van der Waals surface area contributed by atoms with Gasteiger partial charge in [-0.3, -0.25) is 4.99 Å². The summed E-state index contributed by atoms with van der Waals surface area (Å²) in [6.07, 6.45) is 6.41. The van der Waals surface area contributed by atoms with Crippen molar-refractivity contribution in [1.82, 2.24) is 15.5 Å². The minimum absolute atomic E-state index is 0.487. The first kappa shape index (κ1) is 15.3. The molecule has 1 atom stereocenters. The lowest BCUT2D eigenvalue weighted by atomic mass is 10.2. The first-order chi connectivity index (χ1) is 8.76. The number of nitrogens with one attached hydrogen (secondary N) is 2. The number of rotatable bonds is 7. The number of nitrogens with zero attached hydrogens (tertiary/aromatic N) is 2. The van der Waals surface area contributed by atoms with Gasteiger partial charge in [0.05, 0.1) is 0 Å². The van der Waals surface area contributed by atoms with Gasteiger partial charge >= 0.3 is 0 Å². The van der Waals surface area contributed by atoms with Gasteiger partial charge in [-0.25, -0.2) is 0 Å². The fraction of sp³-hybridized carbons (Fsp3) is 0.929. The molecule has 1 aliphatic rings. The third kappa shape index (κ3) is 6.24. The van der Waals surface area contributed by atoms with Gasteiger partial charge in [0, 0.05) is 19.6 Å². The minimum atomic E-state index is 0.487. The topological polar surface area (TPSA) is 39.7 Å². The average Bonchev–Trinajstić information content (AvgIpc) is 2.89. The van der Waals surface area contributed by atoms with Crippen molar-refractivity contribution in [3.63, 3.8) is 0 Å². The van der Waals surface area contributed by atoms with Crippen LogP contribution in [0.3, 0.4) is 0 Å². The van der Waals surface area contributed by atoms with Crippen molar-refractivity contribution in [3.05, 3.63) is 0 Å². The highest BCUT2D eigenvalue weighted by atomic mass is 15.2. The third-order valence-electron chi connectivity index (χ3n) is 3.61. The summed E-state index contributed by atoms with van der Waals surface area (Å²) in [5.41, 5.74) is 0. The van der Waals surface area contributed by atoms with Crippen LogP contribution in [0.4, 0.5) is 0 Å². The van der Waals surface area contributed by atoms with Crippen molar-refractivity contribution in [3.8, 4) is 0 Å². The predicted octanol–water partition coefficient (Wildman–Crippen LogP) is 1.83. The Labute approximate surface area is 112 Å². The van der Waals surface area contributed by atoms with Gasteiger partial charge in [-0.2, -0.15) is 0 Å². The molecule has 1 aliphatic heterocycles. The SMILES string of the molecule is CCC(C)NC(=NC)NCCCCN1CCCC1. The van der Waals surface area contributed by atoms with E-state index in [4.69, 9.17) is 0 Å². The van der Waals surface area contributed by atoms with Crippen LogP contribution in [0.25, 0.3) is 0 Å². The van der Waals surface area contributed by atoms with E-state index in [1.165, 1.54) is 45.3 Å². The Morgan fingerprint density at radius 1 is 1.28 bits per heavy atom. The lowest BCUT2D eigenvalue weighted by Gasteiger charge is -2.17. The van der Waals surface area contributed by atoms with Crippen molar-refractivity contribution in [2.45, 2.75) is 52.0 Å². The fourth-order valence-electron chi connectivity index (χ4n) is 2.20. The van der Waals surface area contributed by atoms with E-state index in [1.807, 2.05) is 7.05 Å². The van der Waals surface area contributed by atoms with Crippen molar-refractivity contribution in [2.24, 2.45) is 4.99 Å². The lowest BCUT2D eigenvalue weighted by molar-refractivity contribution is 0.330. The zero-order valence-corrected chi connectivity index (χ0v) is 12.3. The summed E-state index contributed by atoms with van der Waals surface area (Å²) < 4.78 is 0. The average molecular weight is 254 g/mol. The maximum absolute atomic E-state index is 4.24. The van der Waals surface area contributed by atoms with Crippen LogP contribution in [-0.2, 0) is 0 Å². The van der Waals surface area contributed by atoms with Gasteiger partial charge in [-0.05, 0) is 58.7 Å². The fourth-order valence-corrected chi connectivity index (χ4v) is 2.20. The van der Waals surface area contributed by atoms with E-state index >= 15 is 0 Å². The molecule has 0 aromatic rings. The Bertz CT molecular complexity index is 234. The molecule has 1 saturated heterocycles. The first-order valence-corrected chi connectivity index (χ1v) is 7.45.